The number of anilines is 1. The van der Waals surface area contributed by atoms with Crippen LogP contribution >= 0.6 is 11.8 Å². The maximum atomic E-state index is 12.6. The van der Waals surface area contributed by atoms with E-state index < -0.39 is 0 Å². The number of hydrogen-bond acceptors (Lipinski definition) is 5. The quantitative estimate of drug-likeness (QED) is 0.412. The summed E-state index contributed by atoms with van der Waals surface area (Å²) in [6.45, 7) is 8.40. The van der Waals surface area contributed by atoms with Gasteiger partial charge in [0.05, 0.1) is 11.8 Å². The molecule has 170 valence electrons. The lowest BCUT2D eigenvalue weighted by molar-refractivity contribution is -0.119. The molecule has 1 heterocycles. The Bertz CT molecular complexity index is 983. The van der Waals surface area contributed by atoms with Crippen molar-refractivity contribution in [2.45, 2.75) is 44.8 Å². The van der Waals surface area contributed by atoms with Crippen LogP contribution in [0.25, 0.3) is 11.4 Å². The van der Waals surface area contributed by atoms with Crippen molar-refractivity contribution in [3.63, 3.8) is 0 Å². The fourth-order valence-electron chi connectivity index (χ4n) is 3.76. The molecular weight excluding hydrogens is 418 g/mol. The van der Waals surface area contributed by atoms with Crippen molar-refractivity contribution in [1.82, 2.24) is 20.1 Å². The normalized spacial score (nSPS) is 11.9. The molecule has 0 saturated heterocycles. The molecule has 0 aliphatic carbocycles. The van der Waals surface area contributed by atoms with Gasteiger partial charge in [0.25, 0.3) is 0 Å². The summed E-state index contributed by atoms with van der Waals surface area (Å²) in [6.07, 6.45) is 1.92. The molecule has 1 amide bonds. The molecule has 3 rings (SSSR count). The Kier molecular flexibility index (Phi) is 8.73. The van der Waals surface area contributed by atoms with E-state index in [1.807, 2.05) is 29.8 Å². The third-order valence-corrected chi connectivity index (χ3v) is 6.56. The molecule has 0 fully saturated rings. The van der Waals surface area contributed by atoms with Crippen LogP contribution in [0.3, 0.4) is 0 Å². The molecule has 1 unspecified atom stereocenters. The van der Waals surface area contributed by atoms with Gasteiger partial charge in [-0.2, -0.15) is 0 Å². The molecule has 0 bridgehead atoms. The summed E-state index contributed by atoms with van der Waals surface area (Å²) in [6, 6.07) is 18.6. The summed E-state index contributed by atoms with van der Waals surface area (Å²) in [5.74, 6) is 1.11. The Morgan fingerprint density at radius 3 is 2.34 bits per heavy atom. The van der Waals surface area contributed by atoms with Crippen molar-refractivity contribution >= 4 is 23.4 Å². The molecule has 1 atom stereocenters. The van der Waals surface area contributed by atoms with E-state index in [4.69, 9.17) is 0 Å². The second-order valence-electron chi connectivity index (χ2n) is 7.69. The number of nitrogens with one attached hydrogen (secondary N) is 1. The van der Waals surface area contributed by atoms with E-state index in [0.29, 0.717) is 5.75 Å². The highest BCUT2D eigenvalue weighted by Crippen LogP contribution is 2.25. The average Bonchev–Trinajstić information content (AvgIpc) is 3.19. The van der Waals surface area contributed by atoms with Gasteiger partial charge in [-0.1, -0.05) is 55.4 Å². The van der Waals surface area contributed by atoms with Crippen molar-refractivity contribution in [2.75, 3.05) is 23.7 Å². The zero-order valence-corrected chi connectivity index (χ0v) is 20.2. The van der Waals surface area contributed by atoms with Crippen molar-refractivity contribution in [3.05, 3.63) is 60.2 Å². The zero-order chi connectivity index (χ0) is 22.9. The summed E-state index contributed by atoms with van der Waals surface area (Å²) in [5.41, 5.74) is 3.35. The fraction of sp³-hybridized carbons (Fsp3) is 0.400. The predicted molar refractivity (Wildman–Crippen MR) is 133 cm³/mol. The highest BCUT2D eigenvalue weighted by Gasteiger charge is 2.16. The zero-order valence-electron chi connectivity index (χ0n) is 19.4. The highest BCUT2D eigenvalue weighted by molar-refractivity contribution is 7.99. The summed E-state index contributed by atoms with van der Waals surface area (Å²) in [7, 11) is 1.94. The summed E-state index contributed by atoms with van der Waals surface area (Å²) in [5, 5.41) is 12.6. The minimum atomic E-state index is 0.00503. The number of hydrogen-bond donors (Lipinski definition) is 1. The molecule has 0 aliphatic rings. The topological polar surface area (TPSA) is 63.1 Å². The lowest BCUT2D eigenvalue weighted by Gasteiger charge is -2.21. The largest absolute Gasteiger partial charge is 0.372 e. The molecule has 0 radical (unpaired) electrons. The third-order valence-electron chi connectivity index (χ3n) is 5.54. The molecule has 0 aliphatic heterocycles. The molecular formula is C25H33N5OS. The molecule has 6 nitrogen and oxygen atoms in total. The molecule has 7 heteroatoms. The van der Waals surface area contributed by atoms with Gasteiger partial charge in [0.1, 0.15) is 0 Å². The Morgan fingerprint density at radius 2 is 1.72 bits per heavy atom. The Morgan fingerprint density at radius 1 is 1.03 bits per heavy atom. The second-order valence-corrected chi connectivity index (χ2v) is 8.63. The van der Waals surface area contributed by atoms with E-state index in [2.05, 4.69) is 77.6 Å². The average molecular weight is 452 g/mol. The molecule has 0 saturated carbocycles. The van der Waals surface area contributed by atoms with Crippen LogP contribution in [0.2, 0.25) is 0 Å². The number of carbonyl (C=O) groups excluding carboxylic acids is 1. The first-order valence-corrected chi connectivity index (χ1v) is 12.3. The molecule has 0 spiro atoms. The number of rotatable bonds is 11. The first kappa shape index (κ1) is 23.9. The van der Waals surface area contributed by atoms with Crippen molar-refractivity contribution in [3.8, 4) is 11.4 Å². The molecule has 1 aromatic heterocycles. The second kappa shape index (κ2) is 11.7. The van der Waals surface area contributed by atoms with E-state index in [9.17, 15) is 4.79 Å². The van der Waals surface area contributed by atoms with Gasteiger partial charge in [-0.25, -0.2) is 0 Å². The van der Waals surface area contributed by atoms with Gasteiger partial charge in [0.2, 0.25) is 5.91 Å². The van der Waals surface area contributed by atoms with Gasteiger partial charge in [-0.15, -0.1) is 10.2 Å². The van der Waals surface area contributed by atoms with Crippen molar-refractivity contribution < 1.29 is 4.79 Å². The highest BCUT2D eigenvalue weighted by atomic mass is 32.2. The minimum Gasteiger partial charge on any atom is -0.372 e. The molecule has 3 aromatic rings. The van der Waals surface area contributed by atoms with Gasteiger partial charge in [-0.05, 0) is 50.1 Å². The number of amides is 1. The van der Waals surface area contributed by atoms with E-state index in [0.717, 1.165) is 48.0 Å². The minimum absolute atomic E-state index is 0.00503. The van der Waals surface area contributed by atoms with Crippen LogP contribution in [0.4, 0.5) is 5.69 Å². The number of carbonyl (C=O) groups is 1. The third kappa shape index (κ3) is 5.91. The van der Waals surface area contributed by atoms with Crippen molar-refractivity contribution in [2.24, 2.45) is 7.05 Å². The maximum Gasteiger partial charge on any atom is 0.230 e. The van der Waals surface area contributed by atoms with E-state index >= 15 is 0 Å². The smallest absolute Gasteiger partial charge is 0.230 e. The number of thioether (sulfide) groups is 1. The SMILES string of the molecule is CCCC(NC(=O)CSc1nnc(-c2ccc(N(CC)CC)cc2)n1C)c1ccccc1. The number of nitrogens with zero attached hydrogens (tertiary/aromatic N) is 4. The maximum absolute atomic E-state index is 12.6. The van der Waals surface area contributed by atoms with Gasteiger partial charge < -0.3 is 14.8 Å². The lowest BCUT2D eigenvalue weighted by Crippen LogP contribution is -2.30. The fourth-order valence-corrected chi connectivity index (χ4v) is 4.49. The van der Waals surface area contributed by atoms with Gasteiger partial charge in [0.15, 0.2) is 11.0 Å². The molecule has 2 aromatic carbocycles. The van der Waals surface area contributed by atoms with E-state index in [1.165, 1.54) is 17.4 Å². The first-order chi connectivity index (χ1) is 15.6. The summed E-state index contributed by atoms with van der Waals surface area (Å²) in [4.78, 5) is 14.9. The van der Waals surface area contributed by atoms with Crippen LogP contribution in [-0.4, -0.2) is 39.5 Å². The van der Waals surface area contributed by atoms with Crippen LogP contribution < -0.4 is 10.2 Å². The lowest BCUT2D eigenvalue weighted by atomic mass is 10.0. The standard InChI is InChI=1S/C25H33N5OS/c1-5-11-22(19-12-9-8-10-13-19)26-23(31)18-32-25-28-27-24(29(25)4)20-14-16-21(17-15-20)30(6-2)7-3/h8-10,12-17,22H,5-7,11,18H2,1-4H3,(H,26,31). The molecule has 32 heavy (non-hydrogen) atoms. The van der Waals surface area contributed by atoms with Crippen LogP contribution in [-0.2, 0) is 11.8 Å². The van der Waals surface area contributed by atoms with E-state index in [1.54, 1.807) is 0 Å². The van der Waals surface area contributed by atoms with Gasteiger partial charge in [0, 0.05) is 31.4 Å². The Labute approximate surface area is 195 Å². The van der Waals surface area contributed by atoms with Gasteiger partial charge >= 0.3 is 0 Å². The predicted octanol–water partition coefficient (Wildman–Crippen LogP) is 5.08. The van der Waals surface area contributed by atoms with Gasteiger partial charge in [-0.3, -0.25) is 4.79 Å². The first-order valence-electron chi connectivity index (χ1n) is 11.3. The van der Waals surface area contributed by atoms with Crippen LogP contribution in [0.15, 0.2) is 59.8 Å². The monoisotopic (exact) mass is 451 g/mol. The van der Waals surface area contributed by atoms with E-state index in [-0.39, 0.29) is 11.9 Å². The Balaban J connectivity index is 1.62. The van der Waals surface area contributed by atoms with Crippen molar-refractivity contribution in [1.29, 1.82) is 0 Å². The number of benzene rings is 2. The summed E-state index contributed by atoms with van der Waals surface area (Å²) < 4.78 is 1.95. The Hall–Kier alpha value is -2.80. The van der Waals surface area contributed by atoms with Crippen LogP contribution in [0.1, 0.15) is 45.2 Å². The van der Waals surface area contributed by atoms with Crippen LogP contribution in [0.5, 0.6) is 0 Å². The van der Waals surface area contributed by atoms with Crippen LogP contribution in [0, 0.1) is 0 Å². The molecule has 1 N–H and O–H groups in total. The number of aromatic nitrogens is 3. The summed E-state index contributed by atoms with van der Waals surface area (Å²) >= 11 is 1.41.